The van der Waals surface area contributed by atoms with Gasteiger partial charge in [-0.25, -0.2) is 0 Å². The highest BCUT2D eigenvalue weighted by Crippen LogP contribution is 2.21. The molecule has 0 atom stereocenters. The molecule has 0 radical (unpaired) electrons. The molecule has 0 saturated heterocycles. The van der Waals surface area contributed by atoms with Gasteiger partial charge in [-0.05, 0) is 36.7 Å². The fourth-order valence-corrected chi connectivity index (χ4v) is 2.22. The van der Waals surface area contributed by atoms with Gasteiger partial charge in [0.1, 0.15) is 0 Å². The van der Waals surface area contributed by atoms with Gasteiger partial charge in [-0.2, -0.15) is 0 Å². The molecule has 23 heavy (non-hydrogen) atoms. The predicted molar refractivity (Wildman–Crippen MR) is 85.3 cm³/mol. The first-order chi connectivity index (χ1) is 11.1. The third-order valence-electron chi connectivity index (χ3n) is 3.25. The summed E-state index contributed by atoms with van der Waals surface area (Å²) >= 11 is 0. The Morgan fingerprint density at radius 1 is 1.17 bits per heavy atom. The number of rotatable bonds is 8. The zero-order valence-corrected chi connectivity index (χ0v) is 12.5. The first-order valence-corrected chi connectivity index (χ1v) is 7.21. The van der Waals surface area contributed by atoms with Crippen molar-refractivity contribution in [3.8, 4) is 0 Å². The molecule has 5 N–H and O–H groups in total. The number of nitrogens with one attached hydrogen (secondary N) is 2. The molecule has 1 aromatic carbocycles. The maximum atomic E-state index is 12.1. The minimum Gasteiger partial charge on any atom is -0.459 e. The summed E-state index contributed by atoms with van der Waals surface area (Å²) in [5.74, 6) is -0.916. The predicted octanol–water partition coefficient (Wildman–Crippen LogP) is 0.755. The number of hydrogen-bond donors (Lipinski definition) is 4. The highest BCUT2D eigenvalue weighted by atomic mass is 16.3. The van der Waals surface area contributed by atoms with Crippen LogP contribution in [0.3, 0.4) is 0 Å². The van der Waals surface area contributed by atoms with Crippen LogP contribution >= 0.6 is 0 Å². The lowest BCUT2D eigenvalue weighted by molar-refractivity contribution is 0.0996. The summed E-state index contributed by atoms with van der Waals surface area (Å²) in [6, 6.07) is 8.27. The second kappa shape index (κ2) is 8.11. The third-order valence-corrected chi connectivity index (χ3v) is 3.25. The van der Waals surface area contributed by atoms with Gasteiger partial charge in [0.15, 0.2) is 5.76 Å². The van der Waals surface area contributed by atoms with Gasteiger partial charge in [0, 0.05) is 6.54 Å². The lowest BCUT2D eigenvalue weighted by Gasteiger charge is -2.13. The minimum atomic E-state index is -0.613. The molecule has 1 heterocycles. The van der Waals surface area contributed by atoms with E-state index in [1.54, 1.807) is 24.3 Å². The molecule has 2 aromatic rings. The van der Waals surface area contributed by atoms with Crippen LogP contribution in [-0.2, 0) is 6.42 Å². The van der Waals surface area contributed by atoms with Crippen molar-refractivity contribution in [2.45, 2.75) is 6.42 Å². The number of carbonyl (C=O) groups excluding carboxylic acids is 2. The minimum absolute atomic E-state index is 0.0436. The number of aliphatic hydroxyl groups is 1. The van der Waals surface area contributed by atoms with Crippen molar-refractivity contribution < 1.29 is 19.1 Å². The number of anilines is 1. The molecule has 0 bridgehead atoms. The van der Waals surface area contributed by atoms with Crippen molar-refractivity contribution in [2.75, 3.05) is 25.0 Å². The van der Waals surface area contributed by atoms with E-state index in [0.29, 0.717) is 25.2 Å². The van der Waals surface area contributed by atoms with Gasteiger partial charge < -0.3 is 25.9 Å². The van der Waals surface area contributed by atoms with E-state index < -0.39 is 11.8 Å². The number of amides is 2. The number of primary amides is 1. The lowest BCUT2D eigenvalue weighted by atomic mass is 10.0. The number of benzene rings is 1. The normalized spacial score (nSPS) is 10.5. The van der Waals surface area contributed by atoms with Crippen molar-refractivity contribution in [3.05, 3.63) is 53.5 Å². The van der Waals surface area contributed by atoms with E-state index in [-0.39, 0.29) is 17.9 Å². The monoisotopic (exact) mass is 317 g/mol. The van der Waals surface area contributed by atoms with Crippen LogP contribution in [0.4, 0.5) is 5.69 Å². The number of nitrogens with two attached hydrogens (primary N) is 1. The molecule has 0 spiro atoms. The van der Waals surface area contributed by atoms with E-state index in [4.69, 9.17) is 15.3 Å². The number of hydrogen-bond acceptors (Lipinski definition) is 5. The summed E-state index contributed by atoms with van der Waals surface area (Å²) in [5.41, 5.74) is 6.81. The van der Waals surface area contributed by atoms with E-state index in [2.05, 4.69) is 10.6 Å². The number of aliphatic hydroxyl groups excluding tert-OH is 1. The van der Waals surface area contributed by atoms with Crippen molar-refractivity contribution in [3.63, 3.8) is 0 Å². The van der Waals surface area contributed by atoms with Crippen molar-refractivity contribution in [2.24, 2.45) is 5.73 Å². The molecule has 0 saturated carbocycles. The van der Waals surface area contributed by atoms with Crippen LogP contribution in [-0.4, -0.2) is 36.6 Å². The average molecular weight is 317 g/mol. The van der Waals surface area contributed by atoms with E-state index >= 15 is 0 Å². The van der Waals surface area contributed by atoms with Gasteiger partial charge in [0.2, 0.25) is 0 Å². The fourth-order valence-electron chi connectivity index (χ4n) is 2.22. The van der Waals surface area contributed by atoms with E-state index in [0.717, 1.165) is 5.56 Å². The van der Waals surface area contributed by atoms with Gasteiger partial charge in [0.05, 0.1) is 24.1 Å². The van der Waals surface area contributed by atoms with Crippen LogP contribution in [0.5, 0.6) is 0 Å². The number of carbonyl (C=O) groups is 2. The quantitative estimate of drug-likeness (QED) is 0.536. The van der Waals surface area contributed by atoms with Gasteiger partial charge >= 0.3 is 0 Å². The van der Waals surface area contributed by atoms with Crippen LogP contribution in [0.15, 0.2) is 41.0 Å². The highest BCUT2D eigenvalue weighted by molar-refractivity contribution is 6.08. The topological polar surface area (TPSA) is 118 Å². The lowest BCUT2D eigenvalue weighted by Crippen LogP contribution is -2.24. The maximum Gasteiger partial charge on any atom is 0.291 e. The Morgan fingerprint density at radius 2 is 2.00 bits per heavy atom. The Morgan fingerprint density at radius 3 is 2.65 bits per heavy atom. The van der Waals surface area contributed by atoms with Gasteiger partial charge in [-0.1, -0.05) is 12.1 Å². The molecule has 2 rings (SSSR count). The summed E-state index contributed by atoms with van der Waals surface area (Å²) in [6.45, 7) is 1.10. The van der Waals surface area contributed by atoms with Crippen LogP contribution in [0.1, 0.15) is 26.5 Å². The van der Waals surface area contributed by atoms with E-state index in [1.807, 2.05) is 0 Å². The first kappa shape index (κ1) is 16.7. The van der Waals surface area contributed by atoms with Gasteiger partial charge in [-0.3, -0.25) is 9.59 Å². The fraction of sp³-hybridized carbons (Fsp3) is 0.250. The molecule has 2 amide bonds. The summed E-state index contributed by atoms with van der Waals surface area (Å²) in [6.07, 6.45) is 1.94. The summed E-state index contributed by atoms with van der Waals surface area (Å²) in [5, 5.41) is 14.4. The molecule has 122 valence electrons. The Bertz CT molecular complexity index is 668. The Balaban J connectivity index is 2.18. The molecule has 0 aliphatic carbocycles. The standard InChI is InChI=1S/C16H19N3O4/c17-15(21)14-11(6-7-18-8-9-20)3-1-4-12(14)19-16(22)13-5-2-10-23-13/h1-5,10,18,20H,6-9H2,(H2,17,21)(H,19,22). The molecule has 0 aliphatic rings. The van der Waals surface area contributed by atoms with Crippen molar-refractivity contribution in [1.29, 1.82) is 0 Å². The van der Waals surface area contributed by atoms with Gasteiger partial charge in [-0.15, -0.1) is 0 Å². The largest absolute Gasteiger partial charge is 0.459 e. The molecule has 0 aliphatic heterocycles. The molecule has 0 fully saturated rings. The van der Waals surface area contributed by atoms with Crippen LogP contribution in [0.2, 0.25) is 0 Å². The Labute approximate surface area is 133 Å². The molecule has 7 heteroatoms. The molecule has 7 nitrogen and oxygen atoms in total. The van der Waals surface area contributed by atoms with Crippen molar-refractivity contribution in [1.82, 2.24) is 5.32 Å². The van der Waals surface area contributed by atoms with E-state index in [1.165, 1.54) is 12.3 Å². The van der Waals surface area contributed by atoms with Crippen LogP contribution < -0.4 is 16.4 Å². The number of furan rings is 1. The SMILES string of the molecule is NC(=O)c1c(CCNCCO)cccc1NC(=O)c1ccco1. The molecular formula is C16H19N3O4. The second-order valence-electron chi connectivity index (χ2n) is 4.86. The highest BCUT2D eigenvalue weighted by Gasteiger charge is 2.17. The average Bonchev–Trinajstić information content (AvgIpc) is 3.06. The zero-order chi connectivity index (χ0) is 16.7. The maximum absolute atomic E-state index is 12.1. The second-order valence-corrected chi connectivity index (χ2v) is 4.86. The van der Waals surface area contributed by atoms with Gasteiger partial charge in [0.25, 0.3) is 11.8 Å². The third kappa shape index (κ3) is 4.41. The Hall–Kier alpha value is -2.64. The van der Waals surface area contributed by atoms with Crippen LogP contribution in [0, 0.1) is 0 Å². The smallest absolute Gasteiger partial charge is 0.291 e. The Kier molecular flexibility index (Phi) is 5.90. The molecule has 1 aromatic heterocycles. The summed E-state index contributed by atoms with van der Waals surface area (Å²) in [4.78, 5) is 23.8. The first-order valence-electron chi connectivity index (χ1n) is 7.21. The zero-order valence-electron chi connectivity index (χ0n) is 12.5. The van der Waals surface area contributed by atoms with Crippen molar-refractivity contribution >= 4 is 17.5 Å². The molecule has 0 unspecified atom stereocenters. The molecular weight excluding hydrogens is 298 g/mol. The summed E-state index contributed by atoms with van der Waals surface area (Å²) in [7, 11) is 0. The van der Waals surface area contributed by atoms with E-state index in [9.17, 15) is 9.59 Å². The summed E-state index contributed by atoms with van der Waals surface area (Å²) < 4.78 is 5.03. The van der Waals surface area contributed by atoms with Crippen LogP contribution in [0.25, 0.3) is 0 Å².